The third-order valence-electron chi connectivity index (χ3n) is 5.39. The van der Waals surface area contributed by atoms with Gasteiger partial charge in [-0.15, -0.1) is 0 Å². The lowest BCUT2D eigenvalue weighted by molar-refractivity contribution is -0.120. The Hall–Kier alpha value is -3.32. The SMILES string of the molecule is Cc1ccc(S(=O)(=O)N(CC(=O)N[C@H](C)C(C)C)c2ccc(Oc3ccccc3)cc2)cc1. The predicted molar refractivity (Wildman–Crippen MR) is 131 cm³/mol. The van der Waals surface area contributed by atoms with E-state index in [1.807, 2.05) is 58.0 Å². The van der Waals surface area contributed by atoms with E-state index in [2.05, 4.69) is 5.32 Å². The molecule has 0 aliphatic heterocycles. The van der Waals surface area contributed by atoms with Crippen molar-refractivity contribution < 1.29 is 17.9 Å². The standard InChI is InChI=1S/C26H30N2O4S/c1-19(2)21(4)27-26(29)18-28(33(30,31)25-16-10-20(3)11-17-25)22-12-14-24(15-13-22)32-23-8-6-5-7-9-23/h5-17,19,21H,18H2,1-4H3,(H,27,29)/t21-/m1/s1. The smallest absolute Gasteiger partial charge is 0.264 e. The average Bonchev–Trinajstić information content (AvgIpc) is 2.79. The fourth-order valence-electron chi connectivity index (χ4n) is 3.05. The zero-order valence-corrected chi connectivity index (χ0v) is 20.2. The van der Waals surface area contributed by atoms with Crippen LogP contribution >= 0.6 is 0 Å². The maximum atomic E-state index is 13.5. The van der Waals surface area contributed by atoms with E-state index in [0.717, 1.165) is 9.87 Å². The number of carbonyl (C=O) groups excluding carboxylic acids is 1. The van der Waals surface area contributed by atoms with Crippen molar-refractivity contribution in [2.45, 2.75) is 38.6 Å². The molecule has 0 aliphatic rings. The number of amides is 1. The molecule has 7 heteroatoms. The number of nitrogens with one attached hydrogen (secondary N) is 1. The molecular weight excluding hydrogens is 436 g/mol. The van der Waals surface area contributed by atoms with Gasteiger partial charge in [0.25, 0.3) is 10.0 Å². The molecule has 3 aromatic rings. The molecule has 0 spiro atoms. The van der Waals surface area contributed by atoms with Gasteiger partial charge in [0.1, 0.15) is 18.0 Å². The topological polar surface area (TPSA) is 75.7 Å². The number of para-hydroxylation sites is 1. The predicted octanol–water partition coefficient (Wildman–Crippen LogP) is 5.14. The number of rotatable bonds is 9. The second-order valence-electron chi connectivity index (χ2n) is 8.33. The highest BCUT2D eigenvalue weighted by molar-refractivity contribution is 7.92. The molecule has 1 amide bonds. The third kappa shape index (κ3) is 6.35. The molecule has 0 heterocycles. The molecule has 174 valence electrons. The fraction of sp³-hybridized carbons (Fsp3) is 0.269. The first-order valence-electron chi connectivity index (χ1n) is 10.9. The zero-order chi connectivity index (χ0) is 24.0. The van der Waals surface area contributed by atoms with Crippen LogP contribution in [0.2, 0.25) is 0 Å². The third-order valence-corrected chi connectivity index (χ3v) is 7.18. The molecule has 0 radical (unpaired) electrons. The summed E-state index contributed by atoms with van der Waals surface area (Å²) in [7, 11) is -3.96. The maximum Gasteiger partial charge on any atom is 0.264 e. The van der Waals surface area contributed by atoms with Gasteiger partial charge in [0, 0.05) is 6.04 Å². The molecule has 0 saturated carbocycles. The first-order chi connectivity index (χ1) is 15.7. The monoisotopic (exact) mass is 466 g/mol. The number of hydrogen-bond acceptors (Lipinski definition) is 4. The summed E-state index contributed by atoms with van der Waals surface area (Å²) in [6, 6.07) is 22.5. The van der Waals surface area contributed by atoms with E-state index >= 15 is 0 Å². The number of carbonyl (C=O) groups is 1. The van der Waals surface area contributed by atoms with E-state index in [-0.39, 0.29) is 29.3 Å². The molecule has 33 heavy (non-hydrogen) atoms. The van der Waals surface area contributed by atoms with Gasteiger partial charge in [-0.25, -0.2) is 8.42 Å². The van der Waals surface area contributed by atoms with Crippen molar-refractivity contribution in [1.82, 2.24) is 5.32 Å². The van der Waals surface area contributed by atoms with Gasteiger partial charge in [0.15, 0.2) is 0 Å². The van der Waals surface area contributed by atoms with Gasteiger partial charge >= 0.3 is 0 Å². The summed E-state index contributed by atoms with van der Waals surface area (Å²) in [6.07, 6.45) is 0. The Balaban J connectivity index is 1.90. The summed E-state index contributed by atoms with van der Waals surface area (Å²) in [5, 5.41) is 2.89. The summed E-state index contributed by atoms with van der Waals surface area (Å²) in [5.41, 5.74) is 1.33. The molecule has 6 nitrogen and oxygen atoms in total. The molecule has 0 fully saturated rings. The minimum atomic E-state index is -3.96. The van der Waals surface area contributed by atoms with E-state index in [9.17, 15) is 13.2 Å². The highest BCUT2D eigenvalue weighted by atomic mass is 32.2. The number of aryl methyl sites for hydroxylation is 1. The molecule has 1 atom stereocenters. The van der Waals surface area contributed by atoms with Crippen LogP contribution in [0.15, 0.2) is 83.8 Å². The highest BCUT2D eigenvalue weighted by Crippen LogP contribution is 2.28. The van der Waals surface area contributed by atoms with Gasteiger partial charge in [-0.1, -0.05) is 49.7 Å². The van der Waals surface area contributed by atoms with Crippen molar-refractivity contribution in [3.05, 3.63) is 84.4 Å². The van der Waals surface area contributed by atoms with E-state index in [1.165, 1.54) is 0 Å². The number of hydrogen-bond donors (Lipinski definition) is 1. The van der Waals surface area contributed by atoms with Crippen LogP contribution in [-0.4, -0.2) is 26.9 Å². The first kappa shape index (κ1) is 24.3. The van der Waals surface area contributed by atoms with Gasteiger partial charge in [0.2, 0.25) is 5.91 Å². The molecule has 0 saturated heterocycles. The molecule has 0 aliphatic carbocycles. The van der Waals surface area contributed by atoms with Crippen molar-refractivity contribution in [1.29, 1.82) is 0 Å². The van der Waals surface area contributed by atoms with Crippen LogP contribution < -0.4 is 14.4 Å². The van der Waals surface area contributed by atoms with E-state index in [4.69, 9.17) is 4.74 Å². The van der Waals surface area contributed by atoms with Gasteiger partial charge < -0.3 is 10.1 Å². The first-order valence-corrected chi connectivity index (χ1v) is 12.3. The van der Waals surface area contributed by atoms with Crippen LogP contribution in [0.25, 0.3) is 0 Å². The van der Waals surface area contributed by atoms with Crippen LogP contribution in [0.3, 0.4) is 0 Å². The van der Waals surface area contributed by atoms with Crippen LogP contribution in [-0.2, 0) is 14.8 Å². The number of ether oxygens (including phenoxy) is 1. The lowest BCUT2D eigenvalue weighted by Gasteiger charge is -2.26. The number of nitrogens with zero attached hydrogens (tertiary/aromatic N) is 1. The Bertz CT molecular complexity index is 1160. The second kappa shape index (κ2) is 10.5. The van der Waals surface area contributed by atoms with E-state index in [1.54, 1.807) is 48.5 Å². The van der Waals surface area contributed by atoms with Crippen molar-refractivity contribution in [2.75, 3.05) is 10.8 Å². The van der Waals surface area contributed by atoms with Crippen LogP contribution in [0, 0.1) is 12.8 Å². The second-order valence-corrected chi connectivity index (χ2v) is 10.2. The number of benzene rings is 3. The van der Waals surface area contributed by atoms with Gasteiger partial charge in [-0.3, -0.25) is 9.10 Å². The Morgan fingerprint density at radius 3 is 2.03 bits per heavy atom. The van der Waals surface area contributed by atoms with Gasteiger partial charge in [-0.05, 0) is 68.3 Å². The number of anilines is 1. The summed E-state index contributed by atoms with van der Waals surface area (Å²) >= 11 is 0. The molecule has 0 bridgehead atoms. The fourth-order valence-corrected chi connectivity index (χ4v) is 4.48. The largest absolute Gasteiger partial charge is 0.457 e. The highest BCUT2D eigenvalue weighted by Gasteiger charge is 2.28. The summed E-state index contributed by atoms with van der Waals surface area (Å²) in [5.74, 6) is 1.11. The quantitative estimate of drug-likeness (QED) is 0.474. The summed E-state index contributed by atoms with van der Waals surface area (Å²) in [6.45, 7) is 7.46. The molecule has 0 unspecified atom stereocenters. The number of sulfonamides is 1. The molecule has 1 N–H and O–H groups in total. The van der Waals surface area contributed by atoms with Crippen molar-refractivity contribution >= 4 is 21.6 Å². The normalized spacial score (nSPS) is 12.3. The lowest BCUT2D eigenvalue weighted by Crippen LogP contribution is -2.45. The van der Waals surface area contributed by atoms with Gasteiger partial charge in [-0.2, -0.15) is 0 Å². The van der Waals surface area contributed by atoms with Crippen LogP contribution in [0.1, 0.15) is 26.3 Å². The van der Waals surface area contributed by atoms with Crippen molar-refractivity contribution in [2.24, 2.45) is 5.92 Å². The maximum absolute atomic E-state index is 13.5. The van der Waals surface area contributed by atoms with Gasteiger partial charge in [0.05, 0.1) is 10.6 Å². The lowest BCUT2D eigenvalue weighted by atomic mass is 10.1. The minimum absolute atomic E-state index is 0.0805. The average molecular weight is 467 g/mol. The van der Waals surface area contributed by atoms with Crippen molar-refractivity contribution in [3.8, 4) is 11.5 Å². The molecular formula is C26H30N2O4S. The van der Waals surface area contributed by atoms with Crippen LogP contribution in [0.5, 0.6) is 11.5 Å². The van der Waals surface area contributed by atoms with E-state index in [0.29, 0.717) is 17.2 Å². The summed E-state index contributed by atoms with van der Waals surface area (Å²) in [4.78, 5) is 12.9. The van der Waals surface area contributed by atoms with Crippen molar-refractivity contribution in [3.63, 3.8) is 0 Å². The molecule has 3 rings (SSSR count). The van der Waals surface area contributed by atoms with Crippen LogP contribution in [0.4, 0.5) is 5.69 Å². The zero-order valence-electron chi connectivity index (χ0n) is 19.4. The summed E-state index contributed by atoms with van der Waals surface area (Å²) < 4.78 is 33.9. The Morgan fingerprint density at radius 2 is 1.45 bits per heavy atom. The molecule has 3 aromatic carbocycles. The van der Waals surface area contributed by atoms with E-state index < -0.39 is 10.0 Å². The molecule has 0 aromatic heterocycles. The Kier molecular flexibility index (Phi) is 7.76. The Morgan fingerprint density at radius 1 is 0.879 bits per heavy atom. The Labute approximate surface area is 196 Å². The minimum Gasteiger partial charge on any atom is -0.457 e.